The number of fused-ring (bicyclic) bond motifs is 1. The normalized spacial score (nSPS) is 11.3. The van der Waals surface area contributed by atoms with Crippen LogP contribution in [0.2, 0.25) is 0 Å². The summed E-state index contributed by atoms with van der Waals surface area (Å²) < 4.78 is 3.16. The van der Waals surface area contributed by atoms with Crippen molar-refractivity contribution in [1.82, 2.24) is 9.38 Å². The molecule has 0 amide bonds. The van der Waals surface area contributed by atoms with Crippen LogP contribution in [0.1, 0.15) is 17.4 Å². The molecule has 2 nitrogen and oxygen atoms in total. The molecular formula is C14H13BrN2S. The molecule has 3 aromatic heterocycles. The van der Waals surface area contributed by atoms with Crippen LogP contribution in [-0.2, 0) is 6.42 Å². The van der Waals surface area contributed by atoms with Crippen molar-refractivity contribution in [2.45, 2.75) is 20.3 Å². The largest absolute Gasteiger partial charge is 0.305 e. The molecule has 0 aromatic carbocycles. The Bertz CT molecular complexity index is 712. The molecule has 0 spiro atoms. The Morgan fingerprint density at radius 1 is 1.33 bits per heavy atom. The molecule has 0 radical (unpaired) electrons. The third kappa shape index (κ3) is 1.99. The van der Waals surface area contributed by atoms with E-state index in [1.165, 1.54) is 15.3 Å². The van der Waals surface area contributed by atoms with Crippen molar-refractivity contribution < 1.29 is 0 Å². The number of rotatable bonds is 2. The minimum atomic E-state index is 1.03. The Morgan fingerprint density at radius 3 is 2.89 bits per heavy atom. The molecule has 0 fully saturated rings. The van der Waals surface area contributed by atoms with Gasteiger partial charge in [-0.25, -0.2) is 4.98 Å². The Labute approximate surface area is 118 Å². The van der Waals surface area contributed by atoms with Gasteiger partial charge in [0.1, 0.15) is 5.65 Å². The van der Waals surface area contributed by atoms with Gasteiger partial charge in [0.15, 0.2) is 0 Å². The first-order valence-electron chi connectivity index (χ1n) is 5.91. The highest BCUT2D eigenvalue weighted by Crippen LogP contribution is 2.29. The second-order valence-electron chi connectivity index (χ2n) is 4.32. The number of hydrogen-bond donors (Lipinski definition) is 0. The first-order valence-corrected chi connectivity index (χ1v) is 7.52. The maximum absolute atomic E-state index is 4.72. The van der Waals surface area contributed by atoms with Gasteiger partial charge in [0.2, 0.25) is 0 Å². The van der Waals surface area contributed by atoms with Gasteiger partial charge in [-0.05, 0) is 53.0 Å². The number of aromatic nitrogens is 2. The number of pyridine rings is 1. The van der Waals surface area contributed by atoms with E-state index in [1.54, 1.807) is 0 Å². The third-order valence-corrected chi connectivity index (χ3v) is 4.65. The molecule has 18 heavy (non-hydrogen) atoms. The van der Waals surface area contributed by atoms with E-state index < -0.39 is 0 Å². The standard InChI is InChI=1S/C14H13BrN2S/c1-3-11-4-5-13(18-11)12-8-17-7-10(15)6-9(2)14(17)16-12/h4-8H,3H2,1-2H3. The summed E-state index contributed by atoms with van der Waals surface area (Å²) in [5.74, 6) is 0. The zero-order valence-corrected chi connectivity index (χ0v) is 12.7. The minimum absolute atomic E-state index is 1.03. The van der Waals surface area contributed by atoms with Crippen LogP contribution in [-0.4, -0.2) is 9.38 Å². The predicted molar refractivity (Wildman–Crippen MR) is 80.3 cm³/mol. The van der Waals surface area contributed by atoms with Crippen molar-refractivity contribution in [3.05, 3.63) is 45.5 Å². The SMILES string of the molecule is CCc1ccc(-c2cn3cc(Br)cc(C)c3n2)s1. The van der Waals surface area contributed by atoms with Crippen molar-refractivity contribution in [2.75, 3.05) is 0 Å². The number of nitrogens with zero attached hydrogens (tertiary/aromatic N) is 2. The molecule has 92 valence electrons. The lowest BCUT2D eigenvalue weighted by Crippen LogP contribution is -1.86. The van der Waals surface area contributed by atoms with E-state index >= 15 is 0 Å². The average molecular weight is 321 g/mol. The number of halogens is 1. The summed E-state index contributed by atoms with van der Waals surface area (Å²) >= 11 is 5.34. The second kappa shape index (κ2) is 4.52. The van der Waals surface area contributed by atoms with Crippen LogP contribution in [0.4, 0.5) is 0 Å². The van der Waals surface area contributed by atoms with Gasteiger partial charge in [0.05, 0.1) is 10.6 Å². The van der Waals surface area contributed by atoms with E-state index in [0.717, 1.165) is 22.2 Å². The summed E-state index contributed by atoms with van der Waals surface area (Å²) in [7, 11) is 0. The van der Waals surface area contributed by atoms with E-state index in [1.807, 2.05) is 17.5 Å². The monoisotopic (exact) mass is 320 g/mol. The number of imidazole rings is 1. The van der Waals surface area contributed by atoms with Gasteiger partial charge in [0.25, 0.3) is 0 Å². The van der Waals surface area contributed by atoms with Crippen LogP contribution in [0, 0.1) is 6.92 Å². The molecule has 0 N–H and O–H groups in total. The van der Waals surface area contributed by atoms with E-state index in [-0.39, 0.29) is 0 Å². The third-order valence-electron chi connectivity index (χ3n) is 2.96. The highest BCUT2D eigenvalue weighted by Gasteiger charge is 2.09. The summed E-state index contributed by atoms with van der Waals surface area (Å²) in [5.41, 5.74) is 3.27. The van der Waals surface area contributed by atoms with Gasteiger partial charge in [0, 0.05) is 21.7 Å². The van der Waals surface area contributed by atoms with Crippen LogP contribution in [0.25, 0.3) is 16.2 Å². The Morgan fingerprint density at radius 2 is 2.17 bits per heavy atom. The van der Waals surface area contributed by atoms with Gasteiger partial charge >= 0.3 is 0 Å². The van der Waals surface area contributed by atoms with E-state index in [2.05, 4.69) is 58.6 Å². The van der Waals surface area contributed by atoms with Crippen molar-refractivity contribution >= 4 is 32.9 Å². The lowest BCUT2D eigenvalue weighted by atomic mass is 10.3. The van der Waals surface area contributed by atoms with Crippen molar-refractivity contribution in [3.8, 4) is 10.6 Å². The lowest BCUT2D eigenvalue weighted by Gasteiger charge is -1.97. The lowest BCUT2D eigenvalue weighted by molar-refractivity contribution is 1.15. The van der Waals surface area contributed by atoms with Crippen molar-refractivity contribution in [1.29, 1.82) is 0 Å². The molecule has 0 aliphatic carbocycles. The summed E-state index contributed by atoms with van der Waals surface area (Å²) in [4.78, 5) is 7.37. The topological polar surface area (TPSA) is 17.3 Å². The molecule has 0 atom stereocenters. The fourth-order valence-corrected chi connectivity index (χ4v) is 3.52. The van der Waals surface area contributed by atoms with Crippen LogP contribution >= 0.6 is 27.3 Å². The van der Waals surface area contributed by atoms with E-state index in [9.17, 15) is 0 Å². The Balaban J connectivity index is 2.16. The summed E-state index contributed by atoms with van der Waals surface area (Å²) in [6, 6.07) is 6.44. The summed E-state index contributed by atoms with van der Waals surface area (Å²) in [6.07, 6.45) is 5.23. The fraction of sp³-hybridized carbons (Fsp3) is 0.214. The van der Waals surface area contributed by atoms with E-state index in [0.29, 0.717) is 0 Å². The first kappa shape index (κ1) is 11.9. The van der Waals surface area contributed by atoms with E-state index in [4.69, 9.17) is 4.98 Å². The highest BCUT2D eigenvalue weighted by atomic mass is 79.9. The molecule has 0 aliphatic heterocycles. The average Bonchev–Trinajstić information content (AvgIpc) is 2.93. The maximum Gasteiger partial charge on any atom is 0.140 e. The fourth-order valence-electron chi connectivity index (χ4n) is 2.05. The van der Waals surface area contributed by atoms with Crippen LogP contribution in [0.15, 0.2) is 35.1 Å². The quantitative estimate of drug-likeness (QED) is 0.669. The first-order chi connectivity index (χ1) is 8.67. The molecule has 3 aromatic rings. The maximum atomic E-state index is 4.72. The molecule has 0 bridgehead atoms. The van der Waals surface area contributed by atoms with Gasteiger partial charge in [-0.3, -0.25) is 0 Å². The molecule has 0 unspecified atom stereocenters. The van der Waals surface area contributed by atoms with Crippen LogP contribution < -0.4 is 0 Å². The number of hydrogen-bond acceptors (Lipinski definition) is 2. The van der Waals surface area contributed by atoms with Crippen molar-refractivity contribution in [2.24, 2.45) is 0 Å². The van der Waals surface area contributed by atoms with Gasteiger partial charge in [-0.15, -0.1) is 11.3 Å². The van der Waals surface area contributed by atoms with Gasteiger partial charge in [-0.1, -0.05) is 6.92 Å². The number of aryl methyl sites for hydroxylation is 2. The van der Waals surface area contributed by atoms with Crippen LogP contribution in [0.5, 0.6) is 0 Å². The molecule has 3 rings (SSSR count). The molecular weight excluding hydrogens is 308 g/mol. The highest BCUT2D eigenvalue weighted by molar-refractivity contribution is 9.10. The molecule has 0 aliphatic rings. The number of thiophene rings is 1. The molecule has 0 saturated carbocycles. The smallest absolute Gasteiger partial charge is 0.140 e. The molecule has 3 heterocycles. The Hall–Kier alpha value is -1.13. The molecule has 0 saturated heterocycles. The molecule has 4 heteroatoms. The summed E-state index contributed by atoms with van der Waals surface area (Å²) in [6.45, 7) is 4.27. The zero-order valence-electron chi connectivity index (χ0n) is 10.3. The van der Waals surface area contributed by atoms with Crippen molar-refractivity contribution in [3.63, 3.8) is 0 Å². The summed E-state index contributed by atoms with van der Waals surface area (Å²) in [5, 5.41) is 0. The van der Waals surface area contributed by atoms with Crippen LogP contribution in [0.3, 0.4) is 0 Å². The predicted octanol–water partition coefficient (Wildman–Crippen LogP) is 4.70. The second-order valence-corrected chi connectivity index (χ2v) is 6.40. The van der Waals surface area contributed by atoms with Gasteiger partial charge in [-0.2, -0.15) is 0 Å². The minimum Gasteiger partial charge on any atom is -0.305 e. The zero-order chi connectivity index (χ0) is 12.7. The Kier molecular flexibility index (Phi) is 2.99. The van der Waals surface area contributed by atoms with Gasteiger partial charge < -0.3 is 4.40 Å².